The second kappa shape index (κ2) is 9.55. The van der Waals surface area contributed by atoms with Crippen molar-refractivity contribution in [3.05, 3.63) is 68.9 Å². The van der Waals surface area contributed by atoms with Gasteiger partial charge in [-0.3, -0.25) is 4.79 Å². The van der Waals surface area contributed by atoms with Crippen LogP contribution in [-0.2, 0) is 6.61 Å². The number of nitrogens with two attached hydrogens (primary N) is 1. The molecular formula is C20H18ClFN4O3S. The third kappa shape index (κ3) is 5.05. The molecule has 156 valence electrons. The molecular weight excluding hydrogens is 431 g/mol. The van der Waals surface area contributed by atoms with Crippen molar-refractivity contribution in [2.75, 3.05) is 12.8 Å². The molecule has 0 spiro atoms. The molecule has 3 N–H and O–H groups in total. The number of nitrogens with one attached hydrogen (secondary N) is 1. The van der Waals surface area contributed by atoms with Crippen molar-refractivity contribution in [3.8, 4) is 11.5 Å². The van der Waals surface area contributed by atoms with Crippen molar-refractivity contribution in [1.29, 1.82) is 0 Å². The predicted molar refractivity (Wildman–Crippen MR) is 115 cm³/mol. The molecule has 0 fully saturated rings. The molecule has 0 atom stereocenters. The van der Waals surface area contributed by atoms with E-state index in [1.165, 1.54) is 25.5 Å². The minimum atomic E-state index is -0.445. The highest BCUT2D eigenvalue weighted by atomic mass is 35.5. The Hall–Kier alpha value is -3.17. The molecule has 30 heavy (non-hydrogen) atoms. The summed E-state index contributed by atoms with van der Waals surface area (Å²) in [5.74, 6) is -0.0110. The minimum absolute atomic E-state index is 0.0529. The zero-order valence-electron chi connectivity index (χ0n) is 16.1. The van der Waals surface area contributed by atoms with Crippen LogP contribution in [0.15, 0.2) is 41.5 Å². The number of halogens is 2. The quantitative estimate of drug-likeness (QED) is 0.417. The lowest BCUT2D eigenvalue weighted by Gasteiger charge is -2.12. The third-order valence-electron chi connectivity index (χ3n) is 4.02. The highest BCUT2D eigenvalue weighted by Crippen LogP contribution is 2.29. The molecule has 3 rings (SSSR count). The van der Waals surface area contributed by atoms with Crippen molar-refractivity contribution >= 4 is 40.2 Å². The molecule has 0 aliphatic heterocycles. The maximum atomic E-state index is 13.9. The monoisotopic (exact) mass is 448 g/mol. The fourth-order valence-corrected chi connectivity index (χ4v) is 3.49. The van der Waals surface area contributed by atoms with Gasteiger partial charge in [-0.15, -0.1) is 0 Å². The second-order valence-electron chi connectivity index (χ2n) is 6.06. The second-order valence-corrected chi connectivity index (χ2v) is 7.50. The number of anilines is 1. The smallest absolute Gasteiger partial charge is 0.283 e. The first-order chi connectivity index (χ1) is 14.4. The van der Waals surface area contributed by atoms with Gasteiger partial charge in [0.2, 0.25) is 0 Å². The summed E-state index contributed by atoms with van der Waals surface area (Å²) in [7, 11) is 1.48. The average Bonchev–Trinajstić information content (AvgIpc) is 3.06. The van der Waals surface area contributed by atoms with Crippen LogP contribution in [0.1, 0.15) is 26.5 Å². The van der Waals surface area contributed by atoms with Crippen LogP contribution < -0.4 is 20.6 Å². The predicted octanol–water partition coefficient (Wildman–Crippen LogP) is 4.18. The number of nitrogens with zero attached hydrogens (tertiary/aromatic N) is 2. The number of aromatic nitrogens is 1. The molecule has 0 saturated carbocycles. The molecule has 7 nitrogen and oxygen atoms in total. The van der Waals surface area contributed by atoms with E-state index < -0.39 is 11.7 Å². The first kappa shape index (κ1) is 21.5. The average molecular weight is 449 g/mol. The highest BCUT2D eigenvalue weighted by Gasteiger charge is 2.13. The molecule has 0 bridgehead atoms. The summed E-state index contributed by atoms with van der Waals surface area (Å²) >= 11 is 7.11. The SMILES string of the molecule is COc1cc(C=NNC(=O)c2sc(N)nc2C)ccc1OCc1c(F)cccc1Cl. The summed E-state index contributed by atoms with van der Waals surface area (Å²) in [6.45, 7) is 1.65. The van der Waals surface area contributed by atoms with E-state index in [9.17, 15) is 9.18 Å². The lowest BCUT2D eigenvalue weighted by Crippen LogP contribution is -2.17. The van der Waals surface area contributed by atoms with Gasteiger partial charge in [-0.2, -0.15) is 5.10 Å². The van der Waals surface area contributed by atoms with Gasteiger partial charge in [0.25, 0.3) is 5.91 Å². The lowest BCUT2D eigenvalue weighted by atomic mass is 10.2. The van der Waals surface area contributed by atoms with E-state index in [4.69, 9.17) is 26.8 Å². The van der Waals surface area contributed by atoms with E-state index >= 15 is 0 Å². The van der Waals surface area contributed by atoms with Gasteiger partial charge in [0, 0.05) is 5.56 Å². The molecule has 3 aromatic rings. The van der Waals surface area contributed by atoms with E-state index in [0.717, 1.165) is 11.3 Å². The topological polar surface area (TPSA) is 98.8 Å². The molecule has 1 amide bonds. The van der Waals surface area contributed by atoms with Crippen LogP contribution in [0.5, 0.6) is 11.5 Å². The number of hydrogen-bond acceptors (Lipinski definition) is 7. The first-order valence-electron chi connectivity index (χ1n) is 8.69. The van der Waals surface area contributed by atoms with E-state index in [1.807, 2.05) is 0 Å². The van der Waals surface area contributed by atoms with Crippen LogP contribution in [0.2, 0.25) is 5.02 Å². The van der Waals surface area contributed by atoms with Crippen molar-refractivity contribution in [1.82, 2.24) is 10.4 Å². The molecule has 0 unspecified atom stereocenters. The van der Waals surface area contributed by atoms with Crippen LogP contribution in [0.25, 0.3) is 0 Å². The number of hydrogen-bond donors (Lipinski definition) is 2. The normalized spacial score (nSPS) is 10.9. The molecule has 10 heteroatoms. The maximum absolute atomic E-state index is 13.9. The zero-order valence-corrected chi connectivity index (χ0v) is 17.7. The number of carbonyl (C=O) groups is 1. The van der Waals surface area contributed by atoms with E-state index in [-0.39, 0.29) is 17.2 Å². The van der Waals surface area contributed by atoms with Crippen molar-refractivity contribution < 1.29 is 18.7 Å². The summed E-state index contributed by atoms with van der Waals surface area (Å²) in [5, 5.41) is 4.54. The van der Waals surface area contributed by atoms with Gasteiger partial charge >= 0.3 is 0 Å². The van der Waals surface area contributed by atoms with E-state index in [1.54, 1.807) is 31.2 Å². The fourth-order valence-electron chi connectivity index (χ4n) is 2.55. The summed E-state index contributed by atoms with van der Waals surface area (Å²) in [6.07, 6.45) is 1.46. The van der Waals surface area contributed by atoms with Crippen molar-refractivity contribution in [2.45, 2.75) is 13.5 Å². The van der Waals surface area contributed by atoms with Crippen LogP contribution in [-0.4, -0.2) is 24.2 Å². The summed E-state index contributed by atoms with van der Waals surface area (Å²) < 4.78 is 24.9. The maximum Gasteiger partial charge on any atom is 0.283 e. The summed E-state index contributed by atoms with van der Waals surface area (Å²) in [5.41, 5.74) is 9.49. The Balaban J connectivity index is 1.67. The van der Waals surface area contributed by atoms with Gasteiger partial charge < -0.3 is 15.2 Å². The largest absolute Gasteiger partial charge is 0.493 e. The number of ether oxygens (including phenoxy) is 2. The molecule has 0 saturated heterocycles. The Bertz CT molecular complexity index is 1080. The fraction of sp³-hybridized carbons (Fsp3) is 0.150. The lowest BCUT2D eigenvalue weighted by molar-refractivity contribution is 0.0958. The Morgan fingerprint density at radius 3 is 2.83 bits per heavy atom. The summed E-state index contributed by atoms with van der Waals surface area (Å²) in [6, 6.07) is 9.48. The van der Waals surface area contributed by atoms with Crippen molar-refractivity contribution in [3.63, 3.8) is 0 Å². The zero-order chi connectivity index (χ0) is 21.7. The Labute approximate surface area is 181 Å². The number of aryl methyl sites for hydroxylation is 1. The number of nitrogen functional groups attached to an aromatic ring is 1. The molecule has 2 aromatic carbocycles. The highest BCUT2D eigenvalue weighted by molar-refractivity contribution is 7.17. The number of hydrazone groups is 1. The molecule has 0 aliphatic carbocycles. The van der Waals surface area contributed by atoms with Crippen molar-refractivity contribution in [2.24, 2.45) is 5.10 Å². The molecule has 1 heterocycles. The molecule has 0 radical (unpaired) electrons. The van der Waals surface area contributed by atoms with Crippen LogP contribution in [0.4, 0.5) is 9.52 Å². The van der Waals surface area contributed by atoms with E-state index in [0.29, 0.717) is 32.8 Å². The number of rotatable bonds is 7. The van der Waals surface area contributed by atoms with Gasteiger partial charge in [-0.05, 0) is 42.8 Å². The van der Waals surface area contributed by atoms with E-state index in [2.05, 4.69) is 15.5 Å². The van der Waals surface area contributed by atoms with Crippen LogP contribution in [0, 0.1) is 12.7 Å². The van der Waals surface area contributed by atoms with Gasteiger partial charge in [0.15, 0.2) is 16.6 Å². The van der Waals surface area contributed by atoms with Crippen LogP contribution >= 0.6 is 22.9 Å². The third-order valence-corrected chi connectivity index (χ3v) is 5.36. The Morgan fingerprint density at radius 2 is 2.17 bits per heavy atom. The number of thiazole rings is 1. The Kier molecular flexibility index (Phi) is 6.86. The number of amides is 1. The van der Waals surface area contributed by atoms with Crippen LogP contribution in [0.3, 0.4) is 0 Å². The van der Waals surface area contributed by atoms with Gasteiger partial charge in [0.05, 0.1) is 24.0 Å². The number of benzene rings is 2. The summed E-state index contributed by atoms with van der Waals surface area (Å²) in [4.78, 5) is 16.5. The van der Waals surface area contributed by atoms with Gasteiger partial charge in [0.1, 0.15) is 17.3 Å². The molecule has 1 aromatic heterocycles. The first-order valence-corrected chi connectivity index (χ1v) is 9.88. The van der Waals surface area contributed by atoms with Gasteiger partial charge in [-0.1, -0.05) is 29.0 Å². The number of methoxy groups -OCH3 is 1. The Morgan fingerprint density at radius 1 is 1.37 bits per heavy atom. The number of carbonyl (C=O) groups excluding carboxylic acids is 1. The van der Waals surface area contributed by atoms with Gasteiger partial charge in [-0.25, -0.2) is 14.8 Å². The minimum Gasteiger partial charge on any atom is -0.493 e. The molecule has 0 aliphatic rings. The standard InChI is InChI=1S/C20H18ClFN4O3S/c1-11-18(30-20(23)25-11)19(27)26-24-9-12-6-7-16(17(8-12)28-2)29-10-13-14(21)4-3-5-15(13)22/h3-9H,10H2,1-2H3,(H2,23,25)(H,26,27).